The van der Waals surface area contributed by atoms with Gasteiger partial charge in [-0.2, -0.15) is 0 Å². The molecule has 7 heteroatoms. The van der Waals surface area contributed by atoms with E-state index in [2.05, 4.69) is 15.3 Å². The van der Waals surface area contributed by atoms with Gasteiger partial charge >= 0.3 is 0 Å². The number of Topliss-reactive ketones (excluding diaryl/α,β-unsaturated/α-hetero) is 1. The molecule has 2 heterocycles. The fourth-order valence-electron chi connectivity index (χ4n) is 2.46. The maximum absolute atomic E-state index is 11.2. The van der Waals surface area contributed by atoms with Gasteiger partial charge in [0.2, 0.25) is 0 Å². The smallest absolute Gasteiger partial charge is 0.161 e. The number of ketones is 1. The van der Waals surface area contributed by atoms with Gasteiger partial charge in [0, 0.05) is 23.1 Å². The molecule has 0 aliphatic rings. The minimum atomic E-state index is 0.184. The number of thiophene rings is 1. The number of carbonyl (C=O) groups excluding carboxylic acids is 1. The van der Waals surface area contributed by atoms with Crippen LogP contribution in [-0.4, -0.2) is 35.7 Å². The van der Waals surface area contributed by atoms with Crippen molar-refractivity contribution in [3.8, 4) is 22.6 Å². The molecule has 1 aromatic carbocycles. The van der Waals surface area contributed by atoms with Crippen molar-refractivity contribution in [1.82, 2.24) is 9.97 Å². The summed E-state index contributed by atoms with van der Waals surface area (Å²) in [6.07, 6.45) is 2.11. The number of fused-ring (bicyclic) bond motifs is 1. The standard InChI is InChI=1S/C18H18N2O3S2/c1-11(21)6-7-24-17-16-13(9-25-18(16)20-10-19-17)12-4-5-14(22-2)15(8-12)23-3/h4-5,8-10H,6-7H2,1-3H3. The third-order valence-electron chi connectivity index (χ3n) is 3.72. The maximum Gasteiger partial charge on any atom is 0.161 e. The van der Waals surface area contributed by atoms with Crippen molar-refractivity contribution in [1.29, 1.82) is 0 Å². The van der Waals surface area contributed by atoms with Gasteiger partial charge in [-0.25, -0.2) is 9.97 Å². The molecule has 25 heavy (non-hydrogen) atoms. The zero-order chi connectivity index (χ0) is 17.8. The van der Waals surface area contributed by atoms with Crippen LogP contribution in [0.2, 0.25) is 0 Å². The van der Waals surface area contributed by atoms with E-state index in [1.54, 1.807) is 50.6 Å². The number of hydrogen-bond donors (Lipinski definition) is 0. The molecular weight excluding hydrogens is 356 g/mol. The van der Waals surface area contributed by atoms with Crippen LogP contribution in [0.5, 0.6) is 11.5 Å². The number of rotatable bonds is 7. The lowest BCUT2D eigenvalue weighted by molar-refractivity contribution is -0.116. The number of thioether (sulfide) groups is 1. The number of nitrogens with zero attached hydrogens (tertiary/aromatic N) is 2. The van der Waals surface area contributed by atoms with Gasteiger partial charge in [0.1, 0.15) is 22.0 Å². The van der Waals surface area contributed by atoms with Crippen molar-refractivity contribution in [2.24, 2.45) is 0 Å². The van der Waals surface area contributed by atoms with Crippen molar-refractivity contribution in [2.45, 2.75) is 18.4 Å². The van der Waals surface area contributed by atoms with Crippen molar-refractivity contribution < 1.29 is 14.3 Å². The number of methoxy groups -OCH3 is 2. The van der Waals surface area contributed by atoms with Crippen molar-refractivity contribution in [2.75, 3.05) is 20.0 Å². The predicted molar refractivity (Wildman–Crippen MR) is 102 cm³/mol. The SMILES string of the molecule is COc1ccc(-c2csc3ncnc(SCCC(C)=O)c23)cc1OC. The summed E-state index contributed by atoms with van der Waals surface area (Å²) in [5, 5.41) is 4.00. The monoisotopic (exact) mass is 374 g/mol. The quantitative estimate of drug-likeness (QED) is 0.450. The average Bonchev–Trinajstić information content (AvgIpc) is 3.06. The lowest BCUT2D eigenvalue weighted by Gasteiger charge is -2.10. The second-order valence-corrected chi connectivity index (χ2v) is 7.32. The Bertz CT molecular complexity index is 908. The Kier molecular flexibility index (Phi) is 5.55. The second kappa shape index (κ2) is 7.84. The predicted octanol–water partition coefficient (Wildman–Crippen LogP) is 4.45. The Morgan fingerprint density at radius 3 is 2.72 bits per heavy atom. The lowest BCUT2D eigenvalue weighted by Crippen LogP contribution is -1.93. The largest absolute Gasteiger partial charge is 0.493 e. The van der Waals surface area contributed by atoms with Crippen LogP contribution in [-0.2, 0) is 4.79 Å². The Hall–Kier alpha value is -2.12. The summed E-state index contributed by atoms with van der Waals surface area (Å²) in [7, 11) is 3.24. The van der Waals surface area contributed by atoms with Crippen molar-refractivity contribution >= 4 is 39.1 Å². The summed E-state index contributed by atoms with van der Waals surface area (Å²) in [5.41, 5.74) is 2.08. The normalized spacial score (nSPS) is 10.8. The number of hydrogen-bond acceptors (Lipinski definition) is 7. The molecular formula is C18H18N2O3S2. The molecule has 0 amide bonds. The van der Waals surface area contributed by atoms with Gasteiger partial charge in [0.25, 0.3) is 0 Å². The van der Waals surface area contributed by atoms with Gasteiger partial charge in [-0.05, 0) is 24.6 Å². The zero-order valence-electron chi connectivity index (χ0n) is 14.2. The van der Waals surface area contributed by atoms with Gasteiger partial charge in [-0.15, -0.1) is 23.1 Å². The first-order valence-electron chi connectivity index (χ1n) is 7.71. The van der Waals surface area contributed by atoms with E-state index in [4.69, 9.17) is 9.47 Å². The van der Waals surface area contributed by atoms with Crippen LogP contribution in [0.1, 0.15) is 13.3 Å². The lowest BCUT2D eigenvalue weighted by atomic mass is 10.1. The highest BCUT2D eigenvalue weighted by Crippen LogP contribution is 2.40. The van der Waals surface area contributed by atoms with E-state index in [1.165, 1.54) is 0 Å². The van der Waals surface area contributed by atoms with E-state index < -0.39 is 0 Å². The number of carbonyl (C=O) groups is 1. The third kappa shape index (κ3) is 3.77. The third-order valence-corrected chi connectivity index (χ3v) is 5.60. The van der Waals surface area contributed by atoms with Gasteiger partial charge < -0.3 is 9.47 Å². The topological polar surface area (TPSA) is 61.3 Å². The molecule has 0 spiro atoms. The Morgan fingerprint density at radius 1 is 1.20 bits per heavy atom. The molecule has 0 unspecified atom stereocenters. The van der Waals surface area contributed by atoms with E-state index in [0.29, 0.717) is 23.7 Å². The fourth-order valence-corrected chi connectivity index (χ4v) is 4.50. The minimum absolute atomic E-state index is 0.184. The van der Waals surface area contributed by atoms with Crippen LogP contribution < -0.4 is 9.47 Å². The summed E-state index contributed by atoms with van der Waals surface area (Å²) >= 11 is 3.17. The van der Waals surface area contributed by atoms with Crippen molar-refractivity contribution in [3.63, 3.8) is 0 Å². The molecule has 3 aromatic rings. The Labute approximate surface area is 154 Å². The molecule has 0 bridgehead atoms. The van der Waals surface area contributed by atoms with E-state index in [1.807, 2.05) is 18.2 Å². The van der Waals surface area contributed by atoms with Crippen LogP contribution in [0.15, 0.2) is 34.9 Å². The maximum atomic E-state index is 11.2. The van der Waals surface area contributed by atoms with Gasteiger partial charge in [-0.1, -0.05) is 6.07 Å². The first-order chi connectivity index (χ1) is 12.1. The van der Waals surface area contributed by atoms with Crippen LogP contribution >= 0.6 is 23.1 Å². The van der Waals surface area contributed by atoms with Crippen molar-refractivity contribution in [3.05, 3.63) is 29.9 Å². The summed E-state index contributed by atoms with van der Waals surface area (Å²) in [6.45, 7) is 1.61. The van der Waals surface area contributed by atoms with Crippen LogP contribution in [0.4, 0.5) is 0 Å². The molecule has 2 aromatic heterocycles. The molecule has 3 rings (SSSR count). The summed E-state index contributed by atoms with van der Waals surface area (Å²) in [5.74, 6) is 2.27. The highest BCUT2D eigenvalue weighted by molar-refractivity contribution is 7.99. The number of benzene rings is 1. The molecule has 0 aliphatic heterocycles. The van der Waals surface area contributed by atoms with Crippen LogP contribution in [0, 0.1) is 0 Å². The minimum Gasteiger partial charge on any atom is -0.493 e. The fraction of sp³-hybridized carbons (Fsp3) is 0.278. The Morgan fingerprint density at radius 2 is 2.00 bits per heavy atom. The molecule has 0 saturated heterocycles. The summed E-state index contributed by atoms with van der Waals surface area (Å²) in [4.78, 5) is 20.9. The molecule has 0 saturated carbocycles. The summed E-state index contributed by atoms with van der Waals surface area (Å²) in [6, 6.07) is 5.85. The summed E-state index contributed by atoms with van der Waals surface area (Å²) < 4.78 is 10.7. The second-order valence-electron chi connectivity index (χ2n) is 5.38. The molecule has 0 fully saturated rings. The van der Waals surface area contributed by atoms with Crippen LogP contribution in [0.3, 0.4) is 0 Å². The van der Waals surface area contributed by atoms with E-state index in [0.717, 1.165) is 26.4 Å². The zero-order valence-corrected chi connectivity index (χ0v) is 15.9. The molecule has 0 radical (unpaired) electrons. The number of aromatic nitrogens is 2. The number of ether oxygens (including phenoxy) is 2. The van der Waals surface area contributed by atoms with Gasteiger partial charge in [0.05, 0.1) is 19.6 Å². The Balaban J connectivity index is 2.03. The molecule has 0 atom stereocenters. The van der Waals surface area contributed by atoms with E-state index in [-0.39, 0.29) is 5.78 Å². The molecule has 5 nitrogen and oxygen atoms in total. The van der Waals surface area contributed by atoms with Crippen LogP contribution in [0.25, 0.3) is 21.3 Å². The van der Waals surface area contributed by atoms with Gasteiger partial charge in [-0.3, -0.25) is 4.79 Å². The van der Waals surface area contributed by atoms with E-state index >= 15 is 0 Å². The highest BCUT2D eigenvalue weighted by atomic mass is 32.2. The average molecular weight is 374 g/mol. The highest BCUT2D eigenvalue weighted by Gasteiger charge is 2.15. The van der Waals surface area contributed by atoms with E-state index in [9.17, 15) is 4.79 Å². The molecule has 0 aliphatic carbocycles. The first-order valence-corrected chi connectivity index (χ1v) is 9.57. The van der Waals surface area contributed by atoms with Gasteiger partial charge in [0.15, 0.2) is 11.5 Å². The molecule has 130 valence electrons. The first kappa shape index (κ1) is 17.7. The molecule has 0 N–H and O–H groups in total.